The van der Waals surface area contributed by atoms with Crippen molar-refractivity contribution in [2.75, 3.05) is 20.2 Å². The average Bonchev–Trinajstić information content (AvgIpc) is 3.07. The third-order valence-corrected chi connectivity index (χ3v) is 4.64. The van der Waals surface area contributed by atoms with Crippen LogP contribution in [-0.2, 0) is 4.79 Å². The first kappa shape index (κ1) is 15.9. The number of nitrogens with zero attached hydrogens (tertiary/aromatic N) is 1. The monoisotopic (exact) mass is 289 g/mol. The molecule has 1 fully saturated rings. The van der Waals surface area contributed by atoms with Gasteiger partial charge >= 0.3 is 0 Å². The van der Waals surface area contributed by atoms with Crippen LogP contribution in [0.1, 0.15) is 37.8 Å². The summed E-state index contributed by atoms with van der Waals surface area (Å²) in [6.45, 7) is 9.90. The number of amides is 1. The zero-order chi connectivity index (χ0) is 15.6. The van der Waals surface area contributed by atoms with Crippen LogP contribution in [0.4, 0.5) is 0 Å². The van der Waals surface area contributed by atoms with Crippen LogP contribution in [0.3, 0.4) is 0 Å². The van der Waals surface area contributed by atoms with E-state index in [2.05, 4.69) is 33.8 Å². The van der Waals surface area contributed by atoms with Crippen LogP contribution < -0.4 is 4.74 Å². The van der Waals surface area contributed by atoms with Crippen molar-refractivity contribution < 1.29 is 9.53 Å². The molecule has 0 aliphatic heterocycles. The summed E-state index contributed by atoms with van der Waals surface area (Å²) in [5.74, 6) is 1.46. The largest absolute Gasteiger partial charge is 0.493 e. The quantitative estimate of drug-likeness (QED) is 0.749. The molecule has 2 rings (SSSR count). The second kappa shape index (κ2) is 6.08. The molecule has 3 heteroatoms. The summed E-state index contributed by atoms with van der Waals surface area (Å²) in [4.78, 5) is 14.0. The second-order valence-electron chi connectivity index (χ2n) is 6.91. The highest BCUT2D eigenvalue weighted by molar-refractivity contribution is 5.82. The third kappa shape index (κ3) is 3.78. The third-order valence-electron chi connectivity index (χ3n) is 4.64. The summed E-state index contributed by atoms with van der Waals surface area (Å²) in [6.07, 6.45) is 1.89. The van der Waals surface area contributed by atoms with Gasteiger partial charge in [-0.2, -0.15) is 0 Å². The molecule has 1 aromatic carbocycles. The van der Waals surface area contributed by atoms with Gasteiger partial charge in [-0.3, -0.25) is 4.79 Å². The lowest BCUT2D eigenvalue weighted by Gasteiger charge is -2.18. The van der Waals surface area contributed by atoms with Crippen LogP contribution in [0.2, 0.25) is 0 Å². The van der Waals surface area contributed by atoms with Crippen molar-refractivity contribution in [3.8, 4) is 5.75 Å². The Labute approximate surface area is 128 Å². The standard InChI is InChI=1S/C18H27NO2/c1-13-8-6-9-16(14(13)2)21-11-7-10-19(5)17(20)15-12-18(15,3)4/h6,8-9,15H,7,10-12H2,1-5H3. The molecule has 1 aliphatic rings. The summed E-state index contributed by atoms with van der Waals surface area (Å²) in [6, 6.07) is 6.11. The van der Waals surface area contributed by atoms with Gasteiger partial charge in [0.15, 0.2) is 0 Å². The molecule has 0 aromatic heterocycles. The van der Waals surface area contributed by atoms with E-state index in [9.17, 15) is 4.79 Å². The Balaban J connectivity index is 1.72. The molecule has 0 heterocycles. The van der Waals surface area contributed by atoms with Gasteiger partial charge in [0.2, 0.25) is 5.91 Å². The number of rotatable bonds is 6. The van der Waals surface area contributed by atoms with Crippen LogP contribution in [0.5, 0.6) is 5.75 Å². The van der Waals surface area contributed by atoms with Gasteiger partial charge in [-0.25, -0.2) is 0 Å². The van der Waals surface area contributed by atoms with Crippen molar-refractivity contribution in [2.45, 2.75) is 40.5 Å². The molecule has 1 atom stereocenters. The number of carbonyl (C=O) groups is 1. The minimum Gasteiger partial charge on any atom is -0.493 e. The van der Waals surface area contributed by atoms with E-state index >= 15 is 0 Å². The van der Waals surface area contributed by atoms with Crippen molar-refractivity contribution in [1.82, 2.24) is 4.90 Å². The van der Waals surface area contributed by atoms with Crippen molar-refractivity contribution in [3.05, 3.63) is 29.3 Å². The number of hydrogen-bond donors (Lipinski definition) is 0. The molecular weight excluding hydrogens is 262 g/mol. The van der Waals surface area contributed by atoms with Gasteiger partial charge < -0.3 is 9.64 Å². The van der Waals surface area contributed by atoms with Gasteiger partial charge in [-0.15, -0.1) is 0 Å². The van der Waals surface area contributed by atoms with E-state index in [4.69, 9.17) is 4.74 Å². The molecule has 0 radical (unpaired) electrons. The Bertz CT molecular complexity index is 522. The van der Waals surface area contributed by atoms with Crippen LogP contribution in [0, 0.1) is 25.2 Å². The molecule has 0 saturated heterocycles. The molecule has 1 aliphatic carbocycles. The number of benzene rings is 1. The maximum atomic E-state index is 12.2. The maximum Gasteiger partial charge on any atom is 0.225 e. The van der Waals surface area contributed by atoms with Crippen molar-refractivity contribution in [1.29, 1.82) is 0 Å². The lowest BCUT2D eigenvalue weighted by atomic mass is 10.1. The summed E-state index contributed by atoms with van der Waals surface area (Å²) < 4.78 is 5.83. The smallest absolute Gasteiger partial charge is 0.225 e. The van der Waals surface area contributed by atoms with E-state index in [1.807, 2.05) is 24.1 Å². The molecule has 0 spiro atoms. The highest BCUT2D eigenvalue weighted by Gasteiger charge is 2.51. The van der Waals surface area contributed by atoms with E-state index in [0.717, 1.165) is 25.1 Å². The van der Waals surface area contributed by atoms with Gasteiger partial charge in [0.05, 0.1) is 6.61 Å². The second-order valence-corrected chi connectivity index (χ2v) is 6.91. The zero-order valence-corrected chi connectivity index (χ0v) is 13.9. The van der Waals surface area contributed by atoms with Gasteiger partial charge in [0, 0.05) is 19.5 Å². The van der Waals surface area contributed by atoms with Gasteiger partial charge in [0.1, 0.15) is 5.75 Å². The number of hydrogen-bond acceptors (Lipinski definition) is 2. The lowest BCUT2D eigenvalue weighted by molar-refractivity contribution is -0.132. The van der Waals surface area contributed by atoms with Crippen molar-refractivity contribution in [2.24, 2.45) is 11.3 Å². The van der Waals surface area contributed by atoms with Crippen molar-refractivity contribution >= 4 is 5.91 Å². The van der Waals surface area contributed by atoms with E-state index in [-0.39, 0.29) is 17.2 Å². The fourth-order valence-electron chi connectivity index (χ4n) is 2.63. The fraction of sp³-hybridized carbons (Fsp3) is 0.611. The molecule has 116 valence electrons. The minimum absolute atomic E-state index is 0.209. The normalized spacial score (nSPS) is 19.2. The molecule has 0 bridgehead atoms. The predicted molar refractivity (Wildman–Crippen MR) is 85.6 cm³/mol. The summed E-state index contributed by atoms with van der Waals surface area (Å²) in [7, 11) is 1.90. The summed E-state index contributed by atoms with van der Waals surface area (Å²) in [5.41, 5.74) is 2.65. The maximum absolute atomic E-state index is 12.2. The Kier molecular flexibility index (Phi) is 4.60. The molecule has 3 nitrogen and oxygen atoms in total. The van der Waals surface area contributed by atoms with Crippen LogP contribution >= 0.6 is 0 Å². The molecular formula is C18H27NO2. The van der Waals surface area contributed by atoms with E-state index in [1.165, 1.54) is 11.1 Å². The number of carbonyl (C=O) groups excluding carboxylic acids is 1. The first-order valence-electron chi connectivity index (χ1n) is 7.77. The Morgan fingerprint density at radius 1 is 1.38 bits per heavy atom. The minimum atomic E-state index is 0.209. The lowest BCUT2D eigenvalue weighted by Crippen LogP contribution is -2.31. The predicted octanol–water partition coefficient (Wildman–Crippen LogP) is 3.58. The van der Waals surface area contributed by atoms with Crippen LogP contribution in [0.15, 0.2) is 18.2 Å². The van der Waals surface area contributed by atoms with Crippen LogP contribution in [0.25, 0.3) is 0 Å². The first-order chi connectivity index (χ1) is 9.83. The molecule has 1 amide bonds. The first-order valence-corrected chi connectivity index (χ1v) is 7.77. The highest BCUT2D eigenvalue weighted by atomic mass is 16.5. The topological polar surface area (TPSA) is 29.5 Å². The van der Waals surface area contributed by atoms with Gasteiger partial charge in [-0.05, 0) is 49.3 Å². The molecule has 21 heavy (non-hydrogen) atoms. The van der Waals surface area contributed by atoms with Crippen LogP contribution in [-0.4, -0.2) is 31.0 Å². The molecule has 1 unspecified atom stereocenters. The SMILES string of the molecule is Cc1cccc(OCCCN(C)C(=O)C2CC2(C)C)c1C. The van der Waals surface area contributed by atoms with E-state index in [1.54, 1.807) is 0 Å². The Morgan fingerprint density at radius 2 is 2.05 bits per heavy atom. The zero-order valence-electron chi connectivity index (χ0n) is 13.9. The van der Waals surface area contributed by atoms with E-state index < -0.39 is 0 Å². The van der Waals surface area contributed by atoms with Crippen molar-refractivity contribution in [3.63, 3.8) is 0 Å². The summed E-state index contributed by atoms with van der Waals surface area (Å²) in [5, 5.41) is 0. The molecule has 1 saturated carbocycles. The van der Waals surface area contributed by atoms with Gasteiger partial charge in [0.25, 0.3) is 0 Å². The average molecular weight is 289 g/mol. The molecule has 1 aromatic rings. The highest BCUT2D eigenvalue weighted by Crippen LogP contribution is 2.52. The fourth-order valence-corrected chi connectivity index (χ4v) is 2.63. The Hall–Kier alpha value is -1.51. The van der Waals surface area contributed by atoms with E-state index in [0.29, 0.717) is 6.61 Å². The van der Waals surface area contributed by atoms with Gasteiger partial charge in [-0.1, -0.05) is 26.0 Å². The number of ether oxygens (including phenoxy) is 1. The Morgan fingerprint density at radius 3 is 2.67 bits per heavy atom. The summed E-state index contributed by atoms with van der Waals surface area (Å²) >= 11 is 0. The molecule has 0 N–H and O–H groups in total. The number of aryl methyl sites for hydroxylation is 1.